The van der Waals surface area contributed by atoms with Crippen molar-refractivity contribution >= 4 is 5.97 Å². The predicted octanol–water partition coefficient (Wildman–Crippen LogP) is 1.82. The number of hydrogen-bond donors (Lipinski definition) is 2. The number of nitrogens with zero attached hydrogens (tertiary/aromatic N) is 1. The third kappa shape index (κ3) is 4.71. The van der Waals surface area contributed by atoms with E-state index in [1.807, 2.05) is 6.07 Å². The van der Waals surface area contributed by atoms with Gasteiger partial charge in [-0.3, -0.25) is 4.98 Å². The summed E-state index contributed by atoms with van der Waals surface area (Å²) in [4.78, 5) is 15.0. The van der Waals surface area contributed by atoms with Gasteiger partial charge >= 0.3 is 5.97 Å². The zero-order valence-electron chi connectivity index (χ0n) is 11.0. The summed E-state index contributed by atoms with van der Waals surface area (Å²) >= 11 is 0. The zero-order chi connectivity index (χ0) is 13.5. The molecule has 18 heavy (non-hydrogen) atoms. The number of aromatic nitrogens is 1. The second kappa shape index (κ2) is 6.96. The van der Waals surface area contributed by atoms with Crippen LogP contribution < -0.4 is 10.1 Å². The molecule has 0 fully saturated rings. The van der Waals surface area contributed by atoms with Crippen LogP contribution in [0.2, 0.25) is 0 Å². The molecule has 5 heteroatoms. The van der Waals surface area contributed by atoms with E-state index in [0.29, 0.717) is 24.8 Å². The fourth-order valence-electron chi connectivity index (χ4n) is 1.37. The van der Waals surface area contributed by atoms with E-state index in [-0.39, 0.29) is 0 Å². The normalized spacial score (nSPS) is 12.4. The molecule has 0 aliphatic rings. The molecule has 2 N–H and O–H groups in total. The molecule has 0 aliphatic heterocycles. The van der Waals surface area contributed by atoms with Crippen molar-refractivity contribution in [3.05, 3.63) is 24.0 Å². The first-order valence-electron chi connectivity index (χ1n) is 6.10. The summed E-state index contributed by atoms with van der Waals surface area (Å²) in [6.45, 7) is 6.59. The molecule has 0 saturated heterocycles. The van der Waals surface area contributed by atoms with Crippen molar-refractivity contribution in [2.75, 3.05) is 0 Å². The average Bonchev–Trinajstić information content (AvgIpc) is 2.34. The summed E-state index contributed by atoms with van der Waals surface area (Å²) in [5.74, 6) is -0.472. The molecule has 0 aromatic carbocycles. The van der Waals surface area contributed by atoms with Crippen molar-refractivity contribution in [2.24, 2.45) is 0 Å². The van der Waals surface area contributed by atoms with Gasteiger partial charge in [-0.25, -0.2) is 4.79 Å². The predicted molar refractivity (Wildman–Crippen MR) is 68.6 cm³/mol. The molecule has 0 radical (unpaired) electrons. The first-order chi connectivity index (χ1) is 8.52. The number of aliphatic carboxylic acids is 1. The zero-order valence-corrected chi connectivity index (χ0v) is 11.0. The molecule has 1 unspecified atom stereocenters. The number of pyridine rings is 1. The molecular weight excluding hydrogens is 232 g/mol. The number of carboxylic acids is 1. The minimum atomic E-state index is -0.956. The van der Waals surface area contributed by atoms with Gasteiger partial charge in [0.2, 0.25) is 0 Å². The second-order valence-electron chi connectivity index (χ2n) is 4.37. The quantitative estimate of drug-likeness (QED) is 0.774. The highest BCUT2D eigenvalue weighted by molar-refractivity contribution is 5.72. The van der Waals surface area contributed by atoms with Crippen LogP contribution in [0.25, 0.3) is 0 Å². The number of carboxylic acid groups (broad SMARTS) is 1. The van der Waals surface area contributed by atoms with Gasteiger partial charge in [-0.1, -0.05) is 20.8 Å². The highest BCUT2D eigenvalue weighted by Crippen LogP contribution is 2.13. The third-order valence-electron chi connectivity index (χ3n) is 2.41. The van der Waals surface area contributed by atoms with E-state index in [2.05, 4.69) is 24.1 Å². The van der Waals surface area contributed by atoms with Crippen LogP contribution in [-0.2, 0) is 11.3 Å². The maximum absolute atomic E-state index is 10.8. The molecule has 0 amide bonds. The first kappa shape index (κ1) is 14.4. The minimum Gasteiger partial charge on any atom is -0.479 e. The highest BCUT2D eigenvalue weighted by atomic mass is 16.5. The number of nitrogens with one attached hydrogen (secondary N) is 1. The Morgan fingerprint density at radius 2 is 2.22 bits per heavy atom. The highest BCUT2D eigenvalue weighted by Gasteiger charge is 2.16. The van der Waals surface area contributed by atoms with Crippen molar-refractivity contribution in [1.82, 2.24) is 10.3 Å². The van der Waals surface area contributed by atoms with Gasteiger partial charge in [-0.15, -0.1) is 0 Å². The van der Waals surface area contributed by atoms with E-state index in [1.54, 1.807) is 19.2 Å². The Labute approximate surface area is 107 Å². The molecule has 0 saturated carbocycles. The Morgan fingerprint density at radius 1 is 1.50 bits per heavy atom. The lowest BCUT2D eigenvalue weighted by Crippen LogP contribution is -2.26. The van der Waals surface area contributed by atoms with Gasteiger partial charge in [0.05, 0.1) is 11.9 Å². The van der Waals surface area contributed by atoms with E-state index in [4.69, 9.17) is 9.84 Å². The Balaban J connectivity index is 2.57. The molecule has 0 bridgehead atoms. The van der Waals surface area contributed by atoms with Crippen LogP contribution in [0.3, 0.4) is 0 Å². The molecule has 0 spiro atoms. The van der Waals surface area contributed by atoms with Crippen molar-refractivity contribution in [3.63, 3.8) is 0 Å². The monoisotopic (exact) mass is 252 g/mol. The van der Waals surface area contributed by atoms with Crippen LogP contribution in [0.15, 0.2) is 18.3 Å². The smallest absolute Gasteiger partial charge is 0.344 e. The minimum absolute atomic E-state index is 0.402. The Kier molecular flexibility index (Phi) is 5.58. The summed E-state index contributed by atoms with van der Waals surface area (Å²) in [6.07, 6.45) is 1.17. The standard InChI is InChI=1S/C13H20N2O3/c1-4-12(13(16)17)18-11-6-5-10(15-8-11)7-14-9(2)3/h5-6,8-9,12,14H,4,7H2,1-3H3,(H,16,17). The average molecular weight is 252 g/mol. The van der Waals surface area contributed by atoms with Crippen LogP contribution in [0.5, 0.6) is 5.75 Å². The number of carbonyl (C=O) groups is 1. The van der Waals surface area contributed by atoms with Gasteiger partial charge in [0, 0.05) is 12.6 Å². The number of hydrogen-bond acceptors (Lipinski definition) is 4. The Bertz CT molecular complexity index is 376. The topological polar surface area (TPSA) is 71.5 Å². The van der Waals surface area contributed by atoms with Gasteiger partial charge in [0.25, 0.3) is 0 Å². The molecule has 5 nitrogen and oxygen atoms in total. The molecule has 1 aromatic heterocycles. The fourth-order valence-corrected chi connectivity index (χ4v) is 1.37. The number of rotatable bonds is 7. The first-order valence-corrected chi connectivity index (χ1v) is 6.10. The van der Waals surface area contributed by atoms with Crippen LogP contribution in [-0.4, -0.2) is 28.2 Å². The van der Waals surface area contributed by atoms with Gasteiger partial charge in [0.1, 0.15) is 5.75 Å². The summed E-state index contributed by atoms with van der Waals surface area (Å²) in [6, 6.07) is 3.98. The molecule has 1 heterocycles. The summed E-state index contributed by atoms with van der Waals surface area (Å²) < 4.78 is 5.32. The van der Waals surface area contributed by atoms with Gasteiger partial charge in [-0.2, -0.15) is 0 Å². The SMILES string of the molecule is CCC(Oc1ccc(CNC(C)C)nc1)C(=O)O. The lowest BCUT2D eigenvalue weighted by atomic mass is 10.3. The third-order valence-corrected chi connectivity index (χ3v) is 2.41. The van der Waals surface area contributed by atoms with Gasteiger partial charge in [0.15, 0.2) is 6.10 Å². The Hall–Kier alpha value is -1.62. The van der Waals surface area contributed by atoms with E-state index in [0.717, 1.165) is 5.69 Å². The molecular formula is C13H20N2O3. The largest absolute Gasteiger partial charge is 0.479 e. The maximum atomic E-state index is 10.8. The number of ether oxygens (including phenoxy) is 1. The molecule has 1 rings (SSSR count). The van der Waals surface area contributed by atoms with Crippen LogP contribution in [0, 0.1) is 0 Å². The van der Waals surface area contributed by atoms with E-state index in [9.17, 15) is 4.79 Å². The molecule has 100 valence electrons. The molecule has 1 atom stereocenters. The van der Waals surface area contributed by atoms with Crippen molar-refractivity contribution in [1.29, 1.82) is 0 Å². The summed E-state index contributed by atoms with van der Waals surface area (Å²) in [5, 5.41) is 12.1. The summed E-state index contributed by atoms with van der Waals surface area (Å²) in [7, 11) is 0. The molecule has 1 aromatic rings. The summed E-state index contributed by atoms with van der Waals surface area (Å²) in [5.41, 5.74) is 0.902. The lowest BCUT2D eigenvalue weighted by Gasteiger charge is -2.13. The van der Waals surface area contributed by atoms with Crippen LogP contribution in [0.4, 0.5) is 0 Å². The molecule has 0 aliphatic carbocycles. The van der Waals surface area contributed by atoms with Crippen molar-refractivity contribution in [2.45, 2.75) is 45.9 Å². The fraction of sp³-hybridized carbons (Fsp3) is 0.538. The van der Waals surface area contributed by atoms with Crippen LogP contribution in [0.1, 0.15) is 32.9 Å². The van der Waals surface area contributed by atoms with Gasteiger partial charge in [-0.05, 0) is 18.6 Å². The lowest BCUT2D eigenvalue weighted by molar-refractivity contribution is -0.145. The second-order valence-corrected chi connectivity index (χ2v) is 4.37. The van der Waals surface area contributed by atoms with Crippen molar-refractivity contribution in [3.8, 4) is 5.75 Å². The maximum Gasteiger partial charge on any atom is 0.344 e. The van der Waals surface area contributed by atoms with Crippen LogP contribution >= 0.6 is 0 Å². The van der Waals surface area contributed by atoms with Gasteiger partial charge < -0.3 is 15.2 Å². The van der Waals surface area contributed by atoms with E-state index in [1.165, 1.54) is 0 Å². The van der Waals surface area contributed by atoms with E-state index < -0.39 is 12.1 Å². The Morgan fingerprint density at radius 3 is 2.67 bits per heavy atom. The van der Waals surface area contributed by atoms with E-state index >= 15 is 0 Å². The van der Waals surface area contributed by atoms with Crippen molar-refractivity contribution < 1.29 is 14.6 Å².